The summed E-state index contributed by atoms with van der Waals surface area (Å²) < 4.78 is 0. The van der Waals surface area contributed by atoms with Crippen molar-refractivity contribution in [2.24, 2.45) is 0 Å². The number of nitrogens with one attached hydrogen (secondary N) is 1. The van der Waals surface area contributed by atoms with Crippen molar-refractivity contribution in [2.75, 3.05) is 23.9 Å². The summed E-state index contributed by atoms with van der Waals surface area (Å²) in [5.41, 5.74) is -0.111. The number of nitrogens with zero attached hydrogens (tertiary/aromatic N) is 1. The number of carboxylic acids is 1. The van der Waals surface area contributed by atoms with Crippen LogP contribution in [0, 0.1) is 10.1 Å². The predicted molar refractivity (Wildman–Crippen MR) is 76.2 cm³/mol. The van der Waals surface area contributed by atoms with Crippen LogP contribution in [0.4, 0.5) is 11.4 Å². The summed E-state index contributed by atoms with van der Waals surface area (Å²) in [7, 11) is 0. The van der Waals surface area contributed by atoms with Gasteiger partial charge in [-0.05, 0) is 37.0 Å². The maximum absolute atomic E-state index is 10.8. The van der Waals surface area contributed by atoms with Crippen LogP contribution in [-0.2, 0) is 0 Å². The standard InChI is InChI=1S/C12H16N2O4S/c1-19-7-3-2-6-13-9-4-5-10(12(15)16)11(8-9)14(17)18/h4-5,8,13H,2-3,6-7H2,1H3,(H,15,16). The Morgan fingerprint density at radius 3 is 2.79 bits per heavy atom. The molecule has 0 unspecified atom stereocenters. The smallest absolute Gasteiger partial charge is 0.342 e. The number of hydrogen-bond acceptors (Lipinski definition) is 5. The first-order valence-electron chi connectivity index (χ1n) is 5.80. The minimum atomic E-state index is -1.29. The number of thioether (sulfide) groups is 1. The number of anilines is 1. The number of rotatable bonds is 8. The minimum absolute atomic E-state index is 0.294. The van der Waals surface area contributed by atoms with Crippen molar-refractivity contribution >= 4 is 29.1 Å². The summed E-state index contributed by atoms with van der Waals surface area (Å²) in [6, 6.07) is 4.06. The van der Waals surface area contributed by atoms with E-state index >= 15 is 0 Å². The van der Waals surface area contributed by atoms with E-state index in [2.05, 4.69) is 5.32 Å². The Morgan fingerprint density at radius 2 is 2.21 bits per heavy atom. The van der Waals surface area contributed by atoms with Crippen LogP contribution in [0.2, 0.25) is 0 Å². The van der Waals surface area contributed by atoms with E-state index in [1.165, 1.54) is 12.1 Å². The lowest BCUT2D eigenvalue weighted by molar-refractivity contribution is -0.385. The number of hydrogen-bond donors (Lipinski definition) is 2. The maximum atomic E-state index is 10.8. The van der Waals surface area contributed by atoms with Gasteiger partial charge in [-0.2, -0.15) is 11.8 Å². The summed E-state index contributed by atoms with van der Waals surface area (Å²) in [5, 5.41) is 22.7. The van der Waals surface area contributed by atoms with E-state index in [1.54, 1.807) is 17.8 Å². The molecule has 104 valence electrons. The molecular weight excluding hydrogens is 268 g/mol. The lowest BCUT2D eigenvalue weighted by Gasteiger charge is -2.07. The lowest BCUT2D eigenvalue weighted by atomic mass is 10.1. The molecule has 19 heavy (non-hydrogen) atoms. The van der Waals surface area contributed by atoms with Gasteiger partial charge < -0.3 is 10.4 Å². The first-order chi connectivity index (χ1) is 9.06. The van der Waals surface area contributed by atoms with E-state index in [9.17, 15) is 14.9 Å². The third-order valence-corrected chi connectivity index (χ3v) is 3.23. The van der Waals surface area contributed by atoms with Crippen LogP contribution in [0.1, 0.15) is 23.2 Å². The fraction of sp³-hybridized carbons (Fsp3) is 0.417. The molecule has 0 atom stereocenters. The molecule has 0 amide bonds. The zero-order valence-electron chi connectivity index (χ0n) is 10.6. The largest absolute Gasteiger partial charge is 0.477 e. The number of carboxylic acid groups (broad SMARTS) is 1. The third kappa shape index (κ3) is 4.78. The number of nitro benzene ring substituents is 1. The molecule has 6 nitrogen and oxygen atoms in total. The third-order valence-electron chi connectivity index (χ3n) is 2.53. The monoisotopic (exact) mass is 284 g/mol. The quantitative estimate of drug-likeness (QED) is 0.433. The van der Waals surface area contributed by atoms with Gasteiger partial charge in [-0.25, -0.2) is 4.79 Å². The molecule has 0 saturated heterocycles. The normalized spacial score (nSPS) is 10.2. The summed E-state index contributed by atoms with van der Waals surface area (Å²) in [6.07, 6.45) is 4.08. The van der Waals surface area contributed by atoms with E-state index in [0.29, 0.717) is 12.2 Å². The summed E-state index contributed by atoms with van der Waals surface area (Å²) >= 11 is 1.78. The van der Waals surface area contributed by atoms with Gasteiger partial charge in [-0.15, -0.1) is 0 Å². The number of benzene rings is 1. The molecule has 0 fully saturated rings. The topological polar surface area (TPSA) is 92.5 Å². The van der Waals surface area contributed by atoms with Gasteiger partial charge in [0.2, 0.25) is 0 Å². The van der Waals surface area contributed by atoms with Crippen LogP contribution in [-0.4, -0.2) is 34.6 Å². The fourth-order valence-electron chi connectivity index (χ4n) is 1.58. The van der Waals surface area contributed by atoms with Crippen LogP contribution >= 0.6 is 11.8 Å². The molecule has 1 aromatic carbocycles. The van der Waals surface area contributed by atoms with Crippen LogP contribution < -0.4 is 5.32 Å². The highest BCUT2D eigenvalue weighted by atomic mass is 32.2. The molecule has 0 aliphatic rings. The SMILES string of the molecule is CSCCCCNc1ccc(C(=O)O)c([N+](=O)[O-])c1. The average molecular weight is 284 g/mol. The zero-order valence-corrected chi connectivity index (χ0v) is 11.4. The summed E-state index contributed by atoms with van der Waals surface area (Å²) in [5.74, 6) is -0.210. The molecular formula is C12H16N2O4S. The Morgan fingerprint density at radius 1 is 1.47 bits per heavy atom. The van der Waals surface area contributed by atoms with Gasteiger partial charge in [0.1, 0.15) is 5.56 Å². The van der Waals surface area contributed by atoms with Crippen molar-refractivity contribution in [1.82, 2.24) is 0 Å². The second-order valence-electron chi connectivity index (χ2n) is 3.92. The van der Waals surface area contributed by atoms with Gasteiger partial charge in [0, 0.05) is 18.3 Å². The van der Waals surface area contributed by atoms with Crippen LogP contribution in [0.3, 0.4) is 0 Å². The molecule has 7 heteroatoms. The molecule has 0 aliphatic heterocycles. The Bertz CT molecular complexity index is 465. The van der Waals surface area contributed by atoms with E-state index in [4.69, 9.17) is 5.11 Å². The summed E-state index contributed by atoms with van der Waals surface area (Å²) in [6.45, 7) is 0.712. The Labute approximate surface area is 115 Å². The molecule has 2 N–H and O–H groups in total. The van der Waals surface area contributed by atoms with Crippen LogP contribution in [0.5, 0.6) is 0 Å². The Hall–Kier alpha value is -1.76. The molecule has 0 aromatic heterocycles. The number of unbranched alkanes of at least 4 members (excludes halogenated alkanes) is 1. The number of aromatic carboxylic acids is 1. The van der Waals surface area contributed by atoms with Crippen molar-refractivity contribution in [3.05, 3.63) is 33.9 Å². The van der Waals surface area contributed by atoms with E-state index in [0.717, 1.165) is 18.6 Å². The van der Waals surface area contributed by atoms with Gasteiger partial charge in [-0.1, -0.05) is 0 Å². The molecule has 0 saturated carbocycles. The minimum Gasteiger partial charge on any atom is -0.477 e. The highest BCUT2D eigenvalue weighted by molar-refractivity contribution is 7.98. The molecule has 0 heterocycles. The van der Waals surface area contributed by atoms with Crippen molar-refractivity contribution in [1.29, 1.82) is 0 Å². The summed E-state index contributed by atoms with van der Waals surface area (Å²) in [4.78, 5) is 21.0. The Kier molecular flexibility index (Phi) is 6.14. The van der Waals surface area contributed by atoms with Gasteiger partial charge in [0.25, 0.3) is 5.69 Å². The Balaban J connectivity index is 2.68. The highest BCUT2D eigenvalue weighted by Gasteiger charge is 2.19. The molecule has 1 rings (SSSR count). The predicted octanol–water partition coefficient (Wildman–Crippen LogP) is 2.85. The van der Waals surface area contributed by atoms with Gasteiger partial charge >= 0.3 is 5.97 Å². The highest BCUT2D eigenvalue weighted by Crippen LogP contribution is 2.23. The van der Waals surface area contributed by atoms with Crippen molar-refractivity contribution in [3.63, 3.8) is 0 Å². The van der Waals surface area contributed by atoms with Gasteiger partial charge in [0.15, 0.2) is 0 Å². The second-order valence-corrected chi connectivity index (χ2v) is 4.91. The van der Waals surface area contributed by atoms with E-state index in [-0.39, 0.29) is 11.3 Å². The van der Waals surface area contributed by atoms with E-state index < -0.39 is 10.9 Å². The molecule has 1 aromatic rings. The number of nitro groups is 1. The molecule has 0 aliphatic carbocycles. The first-order valence-corrected chi connectivity index (χ1v) is 7.20. The average Bonchev–Trinajstić information content (AvgIpc) is 2.38. The first kappa shape index (κ1) is 15.3. The lowest BCUT2D eigenvalue weighted by Crippen LogP contribution is -2.06. The van der Waals surface area contributed by atoms with Crippen molar-refractivity contribution in [3.8, 4) is 0 Å². The van der Waals surface area contributed by atoms with Crippen molar-refractivity contribution in [2.45, 2.75) is 12.8 Å². The molecule has 0 radical (unpaired) electrons. The van der Waals surface area contributed by atoms with E-state index in [1.807, 2.05) is 6.26 Å². The second kappa shape index (κ2) is 7.63. The van der Waals surface area contributed by atoms with Crippen molar-refractivity contribution < 1.29 is 14.8 Å². The fourth-order valence-corrected chi connectivity index (χ4v) is 2.07. The van der Waals surface area contributed by atoms with Gasteiger partial charge in [-0.3, -0.25) is 10.1 Å². The maximum Gasteiger partial charge on any atom is 0.342 e. The number of carbonyl (C=O) groups is 1. The van der Waals surface area contributed by atoms with Crippen LogP contribution in [0.15, 0.2) is 18.2 Å². The molecule has 0 bridgehead atoms. The molecule has 0 spiro atoms. The van der Waals surface area contributed by atoms with Gasteiger partial charge in [0.05, 0.1) is 4.92 Å². The van der Waals surface area contributed by atoms with Crippen LogP contribution in [0.25, 0.3) is 0 Å². The zero-order chi connectivity index (χ0) is 14.3.